The van der Waals surface area contributed by atoms with Crippen molar-refractivity contribution in [1.82, 2.24) is 0 Å². The number of carbonyl (C=O) groups is 2. The third-order valence-corrected chi connectivity index (χ3v) is 4.70. The summed E-state index contributed by atoms with van der Waals surface area (Å²) in [5.74, 6) is 1.57. The van der Waals surface area contributed by atoms with Gasteiger partial charge in [-0.3, -0.25) is 9.59 Å². The van der Waals surface area contributed by atoms with E-state index in [0.29, 0.717) is 37.0 Å². The first-order valence-electron chi connectivity index (χ1n) is 11.5. The van der Waals surface area contributed by atoms with Gasteiger partial charge in [-0.15, -0.1) is 0 Å². The Balaban J connectivity index is 2.77. The number of unbranched alkanes of at least 4 members (excludes halogenated alkanes) is 2. The minimum Gasteiger partial charge on any atom is -0.493 e. The van der Waals surface area contributed by atoms with Crippen molar-refractivity contribution < 1.29 is 23.8 Å². The molecule has 0 amide bonds. The van der Waals surface area contributed by atoms with Crippen LogP contribution in [0.15, 0.2) is 18.2 Å². The fourth-order valence-corrected chi connectivity index (χ4v) is 2.94. The number of rotatable bonds is 15. The maximum absolute atomic E-state index is 12.3. The quantitative estimate of drug-likeness (QED) is 0.179. The van der Waals surface area contributed by atoms with Crippen LogP contribution in [-0.4, -0.2) is 18.5 Å². The van der Waals surface area contributed by atoms with Crippen molar-refractivity contribution in [3.05, 3.63) is 18.2 Å². The summed E-state index contributed by atoms with van der Waals surface area (Å²) in [5.41, 5.74) is 0. The molecule has 0 heterocycles. The Morgan fingerprint density at radius 1 is 0.800 bits per heavy atom. The molecule has 0 aliphatic rings. The third-order valence-electron chi connectivity index (χ3n) is 4.70. The monoisotopic (exact) mass is 420 g/mol. The summed E-state index contributed by atoms with van der Waals surface area (Å²) in [4.78, 5) is 24.5. The second kappa shape index (κ2) is 14.9. The van der Waals surface area contributed by atoms with Crippen LogP contribution in [0.1, 0.15) is 92.4 Å². The van der Waals surface area contributed by atoms with Gasteiger partial charge in [0, 0.05) is 18.9 Å². The summed E-state index contributed by atoms with van der Waals surface area (Å²) in [7, 11) is 0. The molecule has 0 fully saturated rings. The van der Waals surface area contributed by atoms with E-state index in [1.807, 2.05) is 0 Å². The lowest BCUT2D eigenvalue weighted by atomic mass is 10.1. The van der Waals surface area contributed by atoms with Crippen LogP contribution in [0.4, 0.5) is 0 Å². The summed E-state index contributed by atoms with van der Waals surface area (Å²) in [6.45, 7) is 11.2. The maximum Gasteiger partial charge on any atom is 0.311 e. The van der Waals surface area contributed by atoms with Gasteiger partial charge in [0.25, 0.3) is 0 Å². The molecule has 0 aliphatic heterocycles. The first-order chi connectivity index (χ1) is 14.3. The zero-order chi connectivity index (χ0) is 22.4. The molecule has 0 bridgehead atoms. The molecule has 0 unspecified atom stereocenters. The summed E-state index contributed by atoms with van der Waals surface area (Å²) in [6.07, 6.45) is 7.35. The van der Waals surface area contributed by atoms with E-state index in [1.54, 1.807) is 18.2 Å². The SMILES string of the molecule is CCCCCOc1ccc(OC(=O)CCCC(C)C)c(OC(=O)CCCC(C)C)c1. The zero-order valence-corrected chi connectivity index (χ0v) is 19.5. The van der Waals surface area contributed by atoms with E-state index >= 15 is 0 Å². The summed E-state index contributed by atoms with van der Waals surface area (Å²) in [5, 5.41) is 0. The summed E-state index contributed by atoms with van der Waals surface area (Å²) in [6, 6.07) is 5.04. The van der Waals surface area contributed by atoms with Gasteiger partial charge >= 0.3 is 11.9 Å². The van der Waals surface area contributed by atoms with E-state index in [0.717, 1.165) is 44.9 Å². The van der Waals surface area contributed by atoms with E-state index in [2.05, 4.69) is 34.6 Å². The Morgan fingerprint density at radius 3 is 1.90 bits per heavy atom. The number of esters is 2. The lowest BCUT2D eigenvalue weighted by Crippen LogP contribution is -2.12. The van der Waals surface area contributed by atoms with Crippen LogP contribution in [0.5, 0.6) is 17.2 Å². The highest BCUT2D eigenvalue weighted by Gasteiger charge is 2.16. The second-order valence-corrected chi connectivity index (χ2v) is 8.68. The second-order valence-electron chi connectivity index (χ2n) is 8.68. The van der Waals surface area contributed by atoms with Crippen LogP contribution in [-0.2, 0) is 9.59 Å². The van der Waals surface area contributed by atoms with Gasteiger partial charge in [-0.05, 0) is 43.2 Å². The molecular formula is C25H40O5. The standard InChI is InChI=1S/C25H40O5/c1-6-7-8-17-28-21-15-16-22(29-24(26)13-9-11-19(2)3)23(18-21)30-25(27)14-10-12-20(4)5/h15-16,18-20H,6-14,17H2,1-5H3. The van der Waals surface area contributed by atoms with Crippen molar-refractivity contribution in [3.63, 3.8) is 0 Å². The number of hydrogen-bond acceptors (Lipinski definition) is 5. The fraction of sp³-hybridized carbons (Fsp3) is 0.680. The first kappa shape index (κ1) is 26.0. The number of carbonyl (C=O) groups excluding carboxylic acids is 2. The molecule has 1 rings (SSSR count). The molecule has 0 N–H and O–H groups in total. The molecule has 0 spiro atoms. The molecule has 1 aromatic rings. The molecular weight excluding hydrogens is 380 g/mol. The van der Waals surface area contributed by atoms with E-state index in [-0.39, 0.29) is 23.4 Å². The molecule has 30 heavy (non-hydrogen) atoms. The number of benzene rings is 1. The molecule has 5 nitrogen and oxygen atoms in total. The smallest absolute Gasteiger partial charge is 0.311 e. The number of hydrogen-bond donors (Lipinski definition) is 0. The molecule has 0 aromatic heterocycles. The van der Waals surface area contributed by atoms with Gasteiger partial charge in [0.1, 0.15) is 5.75 Å². The van der Waals surface area contributed by atoms with Crippen molar-refractivity contribution in [2.75, 3.05) is 6.61 Å². The Labute approximate surface area is 182 Å². The Bertz CT molecular complexity index is 636. The highest BCUT2D eigenvalue weighted by Crippen LogP contribution is 2.33. The summed E-state index contributed by atoms with van der Waals surface area (Å²) >= 11 is 0. The van der Waals surface area contributed by atoms with Gasteiger partial charge in [0.05, 0.1) is 6.61 Å². The molecule has 0 saturated heterocycles. The van der Waals surface area contributed by atoms with Crippen molar-refractivity contribution in [2.24, 2.45) is 11.8 Å². The molecule has 5 heteroatoms. The lowest BCUT2D eigenvalue weighted by molar-refractivity contribution is -0.137. The van der Waals surface area contributed by atoms with Gasteiger partial charge in [-0.1, -0.05) is 60.3 Å². The van der Waals surface area contributed by atoms with E-state index < -0.39 is 0 Å². The van der Waals surface area contributed by atoms with Gasteiger partial charge in [0.15, 0.2) is 11.5 Å². The molecule has 0 aliphatic carbocycles. The van der Waals surface area contributed by atoms with Crippen LogP contribution in [0.3, 0.4) is 0 Å². The van der Waals surface area contributed by atoms with Crippen molar-refractivity contribution in [2.45, 2.75) is 92.4 Å². The number of ether oxygens (including phenoxy) is 3. The van der Waals surface area contributed by atoms with Gasteiger partial charge in [0.2, 0.25) is 0 Å². The van der Waals surface area contributed by atoms with Crippen LogP contribution in [0.25, 0.3) is 0 Å². The van der Waals surface area contributed by atoms with Crippen molar-refractivity contribution >= 4 is 11.9 Å². The van der Waals surface area contributed by atoms with Crippen LogP contribution in [0, 0.1) is 11.8 Å². The molecule has 1 aromatic carbocycles. The average molecular weight is 421 g/mol. The van der Waals surface area contributed by atoms with Crippen LogP contribution in [0.2, 0.25) is 0 Å². The van der Waals surface area contributed by atoms with Crippen molar-refractivity contribution in [1.29, 1.82) is 0 Å². The minimum atomic E-state index is -0.323. The predicted molar refractivity (Wildman–Crippen MR) is 120 cm³/mol. The highest BCUT2D eigenvalue weighted by molar-refractivity contribution is 5.76. The van der Waals surface area contributed by atoms with Gasteiger partial charge < -0.3 is 14.2 Å². The van der Waals surface area contributed by atoms with Gasteiger partial charge in [-0.2, -0.15) is 0 Å². The normalized spacial score (nSPS) is 11.0. The molecule has 0 radical (unpaired) electrons. The largest absolute Gasteiger partial charge is 0.493 e. The third kappa shape index (κ3) is 11.8. The topological polar surface area (TPSA) is 61.8 Å². The zero-order valence-electron chi connectivity index (χ0n) is 19.5. The summed E-state index contributed by atoms with van der Waals surface area (Å²) < 4.78 is 16.8. The van der Waals surface area contributed by atoms with Crippen LogP contribution < -0.4 is 14.2 Å². The van der Waals surface area contributed by atoms with Crippen molar-refractivity contribution in [3.8, 4) is 17.2 Å². The fourth-order valence-electron chi connectivity index (χ4n) is 2.94. The predicted octanol–water partition coefficient (Wildman–Crippen LogP) is 6.72. The molecule has 0 saturated carbocycles. The maximum atomic E-state index is 12.3. The Morgan fingerprint density at radius 2 is 1.37 bits per heavy atom. The Kier molecular flexibility index (Phi) is 12.9. The van der Waals surface area contributed by atoms with E-state index in [4.69, 9.17) is 14.2 Å². The average Bonchev–Trinajstić information content (AvgIpc) is 2.66. The van der Waals surface area contributed by atoms with Gasteiger partial charge in [-0.25, -0.2) is 0 Å². The molecule has 0 atom stereocenters. The van der Waals surface area contributed by atoms with E-state index in [1.165, 1.54) is 0 Å². The van der Waals surface area contributed by atoms with E-state index in [9.17, 15) is 9.59 Å². The first-order valence-corrected chi connectivity index (χ1v) is 11.5. The highest BCUT2D eigenvalue weighted by atomic mass is 16.6. The minimum absolute atomic E-state index is 0.245. The Hall–Kier alpha value is -2.04. The lowest BCUT2D eigenvalue weighted by Gasteiger charge is -2.13. The van der Waals surface area contributed by atoms with Crippen LogP contribution >= 0.6 is 0 Å². The molecule has 170 valence electrons.